The lowest BCUT2D eigenvalue weighted by molar-refractivity contribution is -0.121. The zero-order valence-corrected chi connectivity index (χ0v) is 13.0. The third-order valence-corrected chi connectivity index (χ3v) is 3.94. The van der Waals surface area contributed by atoms with Crippen molar-refractivity contribution in [3.63, 3.8) is 0 Å². The van der Waals surface area contributed by atoms with Crippen molar-refractivity contribution in [1.29, 1.82) is 0 Å². The van der Waals surface area contributed by atoms with Gasteiger partial charge in [0.15, 0.2) is 0 Å². The standard InChI is InChI=1S/C19H16N4O/c20-17-13-22(12-15-9-5-2-6-10-15)19-21-16(18(24)23(17)19)11-14-7-3-1-4-8-14/h1-11,13H,12,20H2/b16-11-. The van der Waals surface area contributed by atoms with Gasteiger partial charge in [0.2, 0.25) is 5.96 Å². The number of carbonyl (C=O) groups is 1. The predicted molar refractivity (Wildman–Crippen MR) is 93.0 cm³/mol. The second kappa shape index (κ2) is 5.70. The summed E-state index contributed by atoms with van der Waals surface area (Å²) in [7, 11) is 0. The first-order valence-electron chi connectivity index (χ1n) is 7.70. The molecule has 2 N–H and O–H groups in total. The SMILES string of the molecule is NC1=CN(Cc2ccccc2)C2=N/C(=C\c3ccccc3)C(=O)N12. The van der Waals surface area contributed by atoms with E-state index in [0.717, 1.165) is 11.1 Å². The van der Waals surface area contributed by atoms with Crippen LogP contribution in [0.25, 0.3) is 6.08 Å². The number of hydrogen-bond donors (Lipinski definition) is 1. The van der Waals surface area contributed by atoms with Gasteiger partial charge in [-0.15, -0.1) is 0 Å². The number of nitrogens with zero attached hydrogens (tertiary/aromatic N) is 3. The van der Waals surface area contributed by atoms with E-state index in [1.54, 1.807) is 12.3 Å². The van der Waals surface area contributed by atoms with Crippen molar-refractivity contribution < 1.29 is 4.79 Å². The van der Waals surface area contributed by atoms with Crippen molar-refractivity contribution in [2.75, 3.05) is 0 Å². The highest BCUT2D eigenvalue weighted by atomic mass is 16.2. The summed E-state index contributed by atoms with van der Waals surface area (Å²) in [5.41, 5.74) is 8.48. The Labute approximate surface area is 140 Å². The molecule has 0 aromatic heterocycles. The number of nitrogens with two attached hydrogens (primary N) is 1. The quantitative estimate of drug-likeness (QED) is 0.885. The molecule has 2 aliphatic rings. The summed E-state index contributed by atoms with van der Waals surface area (Å²) in [6.07, 6.45) is 3.53. The van der Waals surface area contributed by atoms with Crippen LogP contribution in [0.4, 0.5) is 0 Å². The monoisotopic (exact) mass is 316 g/mol. The summed E-state index contributed by atoms with van der Waals surface area (Å²) in [5, 5.41) is 0. The van der Waals surface area contributed by atoms with Gasteiger partial charge in [-0.05, 0) is 17.2 Å². The molecule has 0 atom stereocenters. The zero-order valence-electron chi connectivity index (χ0n) is 13.0. The van der Waals surface area contributed by atoms with Crippen LogP contribution in [0.5, 0.6) is 0 Å². The lowest BCUT2D eigenvalue weighted by Gasteiger charge is -2.17. The van der Waals surface area contributed by atoms with Gasteiger partial charge in [0, 0.05) is 6.20 Å². The molecule has 2 aromatic carbocycles. The molecule has 1 amide bonds. The Morgan fingerprint density at radius 2 is 1.67 bits per heavy atom. The van der Waals surface area contributed by atoms with E-state index >= 15 is 0 Å². The highest BCUT2D eigenvalue weighted by molar-refractivity contribution is 6.16. The minimum absolute atomic E-state index is 0.196. The molecule has 0 fully saturated rings. The van der Waals surface area contributed by atoms with E-state index in [0.29, 0.717) is 24.0 Å². The third kappa shape index (κ3) is 2.46. The molecule has 0 saturated carbocycles. The lowest BCUT2D eigenvalue weighted by atomic mass is 10.2. The molecule has 5 heteroatoms. The molecule has 0 saturated heterocycles. The predicted octanol–water partition coefficient (Wildman–Crippen LogP) is 2.50. The Bertz CT molecular complexity index is 869. The first-order chi connectivity index (χ1) is 11.7. The Kier molecular flexibility index (Phi) is 3.39. The molecule has 24 heavy (non-hydrogen) atoms. The number of amides is 1. The van der Waals surface area contributed by atoms with E-state index in [1.807, 2.05) is 65.6 Å². The van der Waals surface area contributed by atoms with Crippen molar-refractivity contribution in [1.82, 2.24) is 9.80 Å². The van der Waals surface area contributed by atoms with Crippen LogP contribution in [0.1, 0.15) is 11.1 Å². The fourth-order valence-corrected chi connectivity index (χ4v) is 2.81. The van der Waals surface area contributed by atoms with Crippen molar-refractivity contribution in [3.05, 3.63) is 89.5 Å². The average molecular weight is 316 g/mol. The molecule has 4 rings (SSSR count). The van der Waals surface area contributed by atoms with E-state index in [1.165, 1.54) is 4.90 Å². The lowest BCUT2D eigenvalue weighted by Crippen LogP contribution is -2.35. The van der Waals surface area contributed by atoms with Crippen molar-refractivity contribution in [2.24, 2.45) is 10.7 Å². The van der Waals surface area contributed by atoms with Crippen LogP contribution in [-0.4, -0.2) is 21.7 Å². The van der Waals surface area contributed by atoms with E-state index in [2.05, 4.69) is 4.99 Å². The van der Waals surface area contributed by atoms with Crippen LogP contribution in [-0.2, 0) is 11.3 Å². The first kappa shape index (κ1) is 14.3. The number of fused-ring (bicyclic) bond motifs is 1. The van der Waals surface area contributed by atoms with Crippen LogP contribution in [0.2, 0.25) is 0 Å². The molecule has 0 spiro atoms. The van der Waals surface area contributed by atoms with Gasteiger partial charge in [-0.3, -0.25) is 4.79 Å². The van der Waals surface area contributed by atoms with Gasteiger partial charge in [0.1, 0.15) is 11.5 Å². The van der Waals surface area contributed by atoms with Crippen molar-refractivity contribution in [2.45, 2.75) is 6.54 Å². The van der Waals surface area contributed by atoms with Gasteiger partial charge in [-0.25, -0.2) is 9.89 Å². The summed E-state index contributed by atoms with van der Waals surface area (Å²) >= 11 is 0. The largest absolute Gasteiger partial charge is 0.383 e. The van der Waals surface area contributed by atoms with Gasteiger partial charge in [-0.2, -0.15) is 0 Å². The number of guanidine groups is 1. The topological polar surface area (TPSA) is 61.9 Å². The summed E-state index contributed by atoms with van der Waals surface area (Å²) in [4.78, 5) is 20.5. The summed E-state index contributed by atoms with van der Waals surface area (Å²) in [5.74, 6) is 0.757. The van der Waals surface area contributed by atoms with Gasteiger partial charge in [-0.1, -0.05) is 60.7 Å². The second-order valence-corrected chi connectivity index (χ2v) is 5.66. The highest BCUT2D eigenvalue weighted by Crippen LogP contribution is 2.27. The number of rotatable bonds is 3. The minimum Gasteiger partial charge on any atom is -0.383 e. The fourth-order valence-electron chi connectivity index (χ4n) is 2.81. The Balaban J connectivity index is 1.65. The fraction of sp³-hybridized carbons (Fsp3) is 0.0526. The highest BCUT2D eigenvalue weighted by Gasteiger charge is 2.39. The van der Waals surface area contributed by atoms with E-state index < -0.39 is 0 Å². The summed E-state index contributed by atoms with van der Waals surface area (Å²) < 4.78 is 0. The van der Waals surface area contributed by atoms with E-state index in [9.17, 15) is 4.79 Å². The maximum absolute atomic E-state index is 12.6. The normalized spacial score (nSPS) is 18.0. The molecule has 118 valence electrons. The number of hydrogen-bond acceptors (Lipinski definition) is 4. The Hall–Kier alpha value is -3.34. The molecule has 0 bridgehead atoms. The minimum atomic E-state index is -0.196. The van der Waals surface area contributed by atoms with Crippen LogP contribution in [0, 0.1) is 0 Å². The first-order valence-corrected chi connectivity index (χ1v) is 7.70. The molecular weight excluding hydrogens is 300 g/mol. The summed E-state index contributed by atoms with van der Waals surface area (Å²) in [6.45, 7) is 0.614. The molecule has 2 heterocycles. The molecule has 5 nitrogen and oxygen atoms in total. The van der Waals surface area contributed by atoms with E-state index in [4.69, 9.17) is 5.73 Å². The van der Waals surface area contributed by atoms with Crippen LogP contribution in [0.15, 0.2) is 83.4 Å². The van der Waals surface area contributed by atoms with Crippen molar-refractivity contribution >= 4 is 17.9 Å². The maximum Gasteiger partial charge on any atom is 0.285 e. The number of aliphatic imine (C=N–C) groups is 1. The van der Waals surface area contributed by atoms with Crippen LogP contribution in [0.3, 0.4) is 0 Å². The molecule has 0 unspecified atom stereocenters. The average Bonchev–Trinajstić information content (AvgIpc) is 3.08. The van der Waals surface area contributed by atoms with Gasteiger partial charge in [0.05, 0.1) is 6.54 Å². The van der Waals surface area contributed by atoms with Crippen LogP contribution >= 0.6 is 0 Å². The third-order valence-electron chi connectivity index (χ3n) is 3.94. The van der Waals surface area contributed by atoms with Gasteiger partial charge >= 0.3 is 0 Å². The number of carbonyl (C=O) groups excluding carboxylic acids is 1. The van der Waals surface area contributed by atoms with Crippen LogP contribution < -0.4 is 5.73 Å². The molecule has 0 radical (unpaired) electrons. The van der Waals surface area contributed by atoms with Gasteiger partial charge < -0.3 is 10.6 Å². The van der Waals surface area contributed by atoms with Crippen molar-refractivity contribution in [3.8, 4) is 0 Å². The molecule has 0 aliphatic carbocycles. The van der Waals surface area contributed by atoms with Gasteiger partial charge in [0.25, 0.3) is 5.91 Å². The zero-order chi connectivity index (χ0) is 16.5. The molecule has 2 aromatic rings. The second-order valence-electron chi connectivity index (χ2n) is 5.66. The van der Waals surface area contributed by atoms with E-state index in [-0.39, 0.29) is 5.91 Å². The maximum atomic E-state index is 12.6. The number of benzene rings is 2. The smallest absolute Gasteiger partial charge is 0.285 e. The Morgan fingerprint density at radius 3 is 2.38 bits per heavy atom. The Morgan fingerprint density at radius 1 is 1.00 bits per heavy atom. The molecular formula is C19H16N4O. The summed E-state index contributed by atoms with van der Waals surface area (Å²) in [6, 6.07) is 19.7. The molecule has 2 aliphatic heterocycles.